The third-order valence-corrected chi connectivity index (χ3v) is 6.57. The van der Waals surface area contributed by atoms with Gasteiger partial charge in [-0.15, -0.1) is 0 Å². The molecule has 0 aromatic heterocycles. The fourth-order valence-electron chi connectivity index (χ4n) is 2.38. The van der Waals surface area contributed by atoms with E-state index < -0.39 is 14.9 Å². The molecule has 2 aromatic rings. The van der Waals surface area contributed by atoms with E-state index in [4.69, 9.17) is 0 Å². The van der Waals surface area contributed by atoms with Gasteiger partial charge in [-0.2, -0.15) is 9.41 Å². The number of nitrogens with zero attached hydrogens (tertiary/aromatic N) is 3. The molecule has 0 aliphatic rings. The third kappa shape index (κ3) is 4.90. The molecule has 0 spiro atoms. The van der Waals surface area contributed by atoms with E-state index in [0.29, 0.717) is 0 Å². The molecule has 0 bridgehead atoms. The number of nitrogens with one attached hydrogen (secondary N) is 1. The standard InChI is InChI=1S/C17H19BrN4O4S/c1-3-21(4-2)27(25,26)14-9-10-16(17(11-14)22(23)24)20-19-12-13-7-5-6-8-15(13)18/h5-12,20H,3-4H2,1-2H3/b19-12+. The van der Waals surface area contributed by atoms with E-state index in [2.05, 4.69) is 26.5 Å². The molecular weight excluding hydrogens is 436 g/mol. The lowest BCUT2D eigenvalue weighted by Crippen LogP contribution is -2.30. The van der Waals surface area contributed by atoms with Gasteiger partial charge in [0.25, 0.3) is 5.69 Å². The van der Waals surface area contributed by atoms with E-state index >= 15 is 0 Å². The summed E-state index contributed by atoms with van der Waals surface area (Å²) in [4.78, 5) is 10.6. The zero-order valence-corrected chi connectivity index (χ0v) is 17.2. The quantitative estimate of drug-likeness (QED) is 0.370. The Balaban J connectivity index is 2.34. The Kier molecular flexibility index (Phi) is 7.05. The van der Waals surface area contributed by atoms with Crippen LogP contribution in [-0.2, 0) is 10.0 Å². The molecule has 0 amide bonds. The molecule has 0 radical (unpaired) electrons. The molecule has 10 heteroatoms. The molecular formula is C17H19BrN4O4S. The van der Waals surface area contributed by atoms with Gasteiger partial charge in [-0.25, -0.2) is 8.42 Å². The van der Waals surface area contributed by atoms with Crippen LogP contribution in [0.2, 0.25) is 0 Å². The Hall–Kier alpha value is -2.30. The minimum atomic E-state index is -3.79. The number of hydrogen-bond donors (Lipinski definition) is 1. The van der Waals surface area contributed by atoms with E-state index in [9.17, 15) is 18.5 Å². The van der Waals surface area contributed by atoms with Crippen molar-refractivity contribution < 1.29 is 13.3 Å². The molecule has 0 heterocycles. The molecule has 0 atom stereocenters. The maximum Gasteiger partial charge on any atom is 0.295 e. The lowest BCUT2D eigenvalue weighted by Gasteiger charge is -2.18. The number of sulfonamides is 1. The lowest BCUT2D eigenvalue weighted by molar-refractivity contribution is -0.384. The molecule has 2 rings (SSSR count). The fraction of sp³-hybridized carbons (Fsp3) is 0.235. The van der Waals surface area contributed by atoms with E-state index in [1.807, 2.05) is 24.3 Å². The summed E-state index contributed by atoms with van der Waals surface area (Å²) in [6, 6.07) is 11.1. The summed E-state index contributed by atoms with van der Waals surface area (Å²) in [7, 11) is -3.79. The summed E-state index contributed by atoms with van der Waals surface area (Å²) in [6.45, 7) is 3.98. The maximum atomic E-state index is 12.6. The number of nitro benzene ring substituents is 1. The van der Waals surface area contributed by atoms with Crippen molar-refractivity contribution in [3.63, 3.8) is 0 Å². The summed E-state index contributed by atoms with van der Waals surface area (Å²) in [5, 5.41) is 15.4. The highest BCUT2D eigenvalue weighted by Gasteiger charge is 2.25. The van der Waals surface area contributed by atoms with E-state index in [0.717, 1.165) is 16.1 Å². The summed E-state index contributed by atoms with van der Waals surface area (Å²) >= 11 is 3.38. The summed E-state index contributed by atoms with van der Waals surface area (Å²) in [5.41, 5.74) is 3.12. The van der Waals surface area contributed by atoms with Gasteiger partial charge in [0.05, 0.1) is 16.0 Å². The molecule has 0 saturated carbocycles. The first-order chi connectivity index (χ1) is 12.8. The highest BCUT2D eigenvalue weighted by atomic mass is 79.9. The number of benzene rings is 2. The van der Waals surface area contributed by atoms with Gasteiger partial charge in [0.1, 0.15) is 5.69 Å². The van der Waals surface area contributed by atoms with Crippen LogP contribution in [0, 0.1) is 10.1 Å². The number of anilines is 1. The number of hydrazone groups is 1. The van der Waals surface area contributed by atoms with Crippen LogP contribution < -0.4 is 5.43 Å². The predicted octanol–water partition coefficient (Wildman–Crippen LogP) is 3.83. The van der Waals surface area contributed by atoms with E-state index in [1.165, 1.54) is 22.7 Å². The van der Waals surface area contributed by atoms with Crippen molar-refractivity contribution in [2.24, 2.45) is 5.10 Å². The van der Waals surface area contributed by atoms with Gasteiger partial charge in [0.2, 0.25) is 10.0 Å². The number of hydrogen-bond acceptors (Lipinski definition) is 6. The Morgan fingerprint density at radius 1 is 1.22 bits per heavy atom. The highest BCUT2D eigenvalue weighted by Crippen LogP contribution is 2.29. The van der Waals surface area contributed by atoms with Crippen LogP contribution in [0.5, 0.6) is 0 Å². The largest absolute Gasteiger partial charge is 0.295 e. The molecule has 1 N–H and O–H groups in total. The Morgan fingerprint density at radius 3 is 2.48 bits per heavy atom. The first kappa shape index (κ1) is 21.0. The second-order valence-electron chi connectivity index (χ2n) is 5.42. The van der Waals surface area contributed by atoms with Crippen molar-refractivity contribution >= 4 is 43.5 Å². The minimum Gasteiger partial charge on any atom is -0.272 e. The summed E-state index contributed by atoms with van der Waals surface area (Å²) in [5.74, 6) is 0. The van der Waals surface area contributed by atoms with Crippen LogP contribution in [0.1, 0.15) is 19.4 Å². The minimum absolute atomic E-state index is 0.0989. The van der Waals surface area contributed by atoms with Gasteiger partial charge in [-0.1, -0.05) is 48.0 Å². The topological polar surface area (TPSA) is 105 Å². The highest BCUT2D eigenvalue weighted by molar-refractivity contribution is 9.10. The van der Waals surface area contributed by atoms with Crippen molar-refractivity contribution in [2.75, 3.05) is 18.5 Å². The zero-order valence-electron chi connectivity index (χ0n) is 14.8. The van der Waals surface area contributed by atoms with E-state index in [1.54, 1.807) is 13.8 Å². The molecule has 144 valence electrons. The zero-order chi connectivity index (χ0) is 20.0. The van der Waals surface area contributed by atoms with Crippen molar-refractivity contribution in [3.8, 4) is 0 Å². The van der Waals surface area contributed by atoms with Gasteiger partial charge in [-0.3, -0.25) is 15.5 Å². The summed E-state index contributed by atoms with van der Waals surface area (Å²) < 4.78 is 27.2. The normalized spacial score (nSPS) is 11.9. The summed E-state index contributed by atoms with van der Waals surface area (Å²) in [6.07, 6.45) is 1.51. The first-order valence-electron chi connectivity index (χ1n) is 8.13. The van der Waals surface area contributed by atoms with Gasteiger partial charge in [0.15, 0.2) is 0 Å². The number of halogens is 1. The van der Waals surface area contributed by atoms with Crippen LogP contribution in [0.15, 0.2) is 56.9 Å². The SMILES string of the molecule is CCN(CC)S(=O)(=O)c1ccc(N/N=C/c2ccccc2Br)c([N+](=O)[O-])c1. The molecule has 0 saturated heterocycles. The van der Waals surface area contributed by atoms with Gasteiger partial charge in [-0.05, 0) is 18.2 Å². The molecule has 8 nitrogen and oxygen atoms in total. The second kappa shape index (κ2) is 9.07. The average Bonchev–Trinajstić information content (AvgIpc) is 2.64. The third-order valence-electron chi connectivity index (χ3n) is 3.80. The molecule has 0 aliphatic heterocycles. The monoisotopic (exact) mass is 454 g/mol. The van der Waals surface area contributed by atoms with Crippen LogP contribution in [0.3, 0.4) is 0 Å². The Bertz CT molecular complexity index is 959. The van der Waals surface area contributed by atoms with Crippen LogP contribution in [-0.4, -0.2) is 37.0 Å². The van der Waals surface area contributed by atoms with Crippen molar-refractivity contribution in [1.29, 1.82) is 0 Å². The number of rotatable bonds is 8. The maximum absolute atomic E-state index is 12.6. The van der Waals surface area contributed by atoms with Gasteiger partial charge in [0, 0.05) is 29.2 Å². The molecule has 0 unspecified atom stereocenters. The van der Waals surface area contributed by atoms with Gasteiger partial charge >= 0.3 is 0 Å². The smallest absolute Gasteiger partial charge is 0.272 e. The average molecular weight is 455 g/mol. The van der Waals surface area contributed by atoms with Crippen molar-refractivity contribution in [1.82, 2.24) is 4.31 Å². The molecule has 0 aliphatic carbocycles. The second-order valence-corrected chi connectivity index (χ2v) is 8.21. The lowest BCUT2D eigenvalue weighted by atomic mass is 10.2. The van der Waals surface area contributed by atoms with E-state index in [-0.39, 0.29) is 29.4 Å². The van der Waals surface area contributed by atoms with Gasteiger partial charge < -0.3 is 0 Å². The van der Waals surface area contributed by atoms with Crippen LogP contribution in [0.4, 0.5) is 11.4 Å². The van der Waals surface area contributed by atoms with Crippen LogP contribution >= 0.6 is 15.9 Å². The number of nitro groups is 1. The molecule has 0 fully saturated rings. The van der Waals surface area contributed by atoms with Crippen molar-refractivity contribution in [3.05, 3.63) is 62.6 Å². The predicted molar refractivity (Wildman–Crippen MR) is 109 cm³/mol. The Labute approximate surface area is 166 Å². The Morgan fingerprint density at radius 2 is 1.89 bits per heavy atom. The van der Waals surface area contributed by atoms with Crippen molar-refractivity contribution in [2.45, 2.75) is 18.7 Å². The molecule has 27 heavy (non-hydrogen) atoms. The first-order valence-corrected chi connectivity index (χ1v) is 10.4. The molecule has 2 aromatic carbocycles. The van der Waals surface area contributed by atoms with Crippen LogP contribution in [0.25, 0.3) is 0 Å². The fourth-order valence-corrected chi connectivity index (χ4v) is 4.25.